The first-order valence-corrected chi connectivity index (χ1v) is 7.79. The van der Waals surface area contributed by atoms with Gasteiger partial charge in [0.2, 0.25) is 5.91 Å². The number of hydrogen-bond donors (Lipinski definition) is 1. The highest BCUT2D eigenvalue weighted by molar-refractivity contribution is 6.53. The molecule has 21 heavy (non-hydrogen) atoms. The maximum Gasteiger partial charge on any atom is 0.229 e. The highest BCUT2D eigenvalue weighted by Gasteiger charge is 2.68. The Morgan fingerprint density at radius 2 is 1.81 bits per heavy atom. The fraction of sp³-hybridized carbons (Fsp3) is 0.562. The van der Waals surface area contributed by atoms with E-state index in [0.29, 0.717) is 6.42 Å². The van der Waals surface area contributed by atoms with Gasteiger partial charge in [-0.3, -0.25) is 4.79 Å². The van der Waals surface area contributed by atoms with Gasteiger partial charge in [-0.25, -0.2) is 0 Å². The molecule has 1 fully saturated rings. The van der Waals surface area contributed by atoms with E-state index in [2.05, 4.69) is 19.2 Å². The van der Waals surface area contributed by atoms with E-state index in [4.69, 9.17) is 27.9 Å². The summed E-state index contributed by atoms with van der Waals surface area (Å²) in [5, 5.41) is 3.08. The highest BCUT2D eigenvalue weighted by Crippen LogP contribution is 2.64. The van der Waals surface area contributed by atoms with Crippen molar-refractivity contribution in [3.05, 3.63) is 29.8 Å². The lowest BCUT2D eigenvalue weighted by Crippen LogP contribution is -2.38. The van der Waals surface area contributed by atoms with Crippen molar-refractivity contribution in [2.45, 2.75) is 37.6 Å². The summed E-state index contributed by atoms with van der Waals surface area (Å²) < 4.78 is 4.21. The van der Waals surface area contributed by atoms with Gasteiger partial charge in [-0.15, -0.1) is 23.2 Å². The van der Waals surface area contributed by atoms with Gasteiger partial charge in [-0.1, -0.05) is 26.0 Å². The number of carbonyl (C=O) groups excluding carboxylic acids is 1. The predicted octanol–water partition coefficient (Wildman–Crippen LogP) is 4.09. The van der Waals surface area contributed by atoms with Crippen LogP contribution in [-0.4, -0.2) is 17.4 Å². The van der Waals surface area contributed by atoms with Crippen LogP contribution in [0.4, 0.5) is 0 Å². The van der Waals surface area contributed by atoms with Gasteiger partial charge in [-0.05, 0) is 37.0 Å². The number of benzene rings is 1. The number of rotatable bonds is 5. The fourth-order valence-electron chi connectivity index (χ4n) is 2.39. The minimum Gasteiger partial charge on any atom is -0.497 e. The number of carbonyl (C=O) groups is 1. The summed E-state index contributed by atoms with van der Waals surface area (Å²) in [5.41, 5.74) is 0.341. The minimum atomic E-state index is -0.946. The van der Waals surface area contributed by atoms with E-state index in [-0.39, 0.29) is 17.9 Å². The van der Waals surface area contributed by atoms with Gasteiger partial charge >= 0.3 is 0 Å². The second kappa shape index (κ2) is 5.69. The molecule has 0 aromatic heterocycles. The van der Waals surface area contributed by atoms with Gasteiger partial charge in [0.05, 0.1) is 18.6 Å². The largest absolute Gasteiger partial charge is 0.497 e. The Kier molecular flexibility index (Phi) is 4.46. The molecule has 0 heterocycles. The summed E-state index contributed by atoms with van der Waals surface area (Å²) >= 11 is 12.2. The van der Waals surface area contributed by atoms with Gasteiger partial charge in [0, 0.05) is 0 Å². The van der Waals surface area contributed by atoms with Crippen LogP contribution in [0.25, 0.3) is 0 Å². The Bertz CT molecular complexity index is 528. The molecule has 2 rings (SSSR count). The Morgan fingerprint density at radius 3 is 2.19 bits per heavy atom. The summed E-state index contributed by atoms with van der Waals surface area (Å²) in [6.07, 6.45) is 0.488. The van der Waals surface area contributed by atoms with Crippen molar-refractivity contribution in [1.82, 2.24) is 5.32 Å². The minimum absolute atomic E-state index is 0.0787. The maximum atomic E-state index is 12.4. The zero-order valence-electron chi connectivity index (χ0n) is 12.7. The van der Waals surface area contributed by atoms with Gasteiger partial charge in [0.15, 0.2) is 0 Å². The summed E-state index contributed by atoms with van der Waals surface area (Å²) in [4.78, 5) is 12.4. The van der Waals surface area contributed by atoms with Crippen molar-refractivity contribution in [2.24, 2.45) is 11.3 Å². The van der Waals surface area contributed by atoms with Gasteiger partial charge in [0.1, 0.15) is 10.1 Å². The number of ether oxygens (including phenoxy) is 1. The molecule has 5 heteroatoms. The first kappa shape index (κ1) is 16.4. The average Bonchev–Trinajstić information content (AvgIpc) is 2.96. The Balaban J connectivity index is 2.14. The quantitative estimate of drug-likeness (QED) is 0.826. The lowest BCUT2D eigenvalue weighted by atomic mass is 9.95. The molecular formula is C16H21Cl2NO2. The van der Waals surface area contributed by atoms with Crippen molar-refractivity contribution < 1.29 is 9.53 Å². The third-order valence-corrected chi connectivity index (χ3v) is 5.29. The van der Waals surface area contributed by atoms with Crippen LogP contribution in [0, 0.1) is 11.3 Å². The van der Waals surface area contributed by atoms with Crippen LogP contribution >= 0.6 is 23.2 Å². The molecule has 0 unspecified atom stereocenters. The summed E-state index contributed by atoms with van der Waals surface area (Å²) in [7, 11) is 1.63. The van der Waals surface area contributed by atoms with Crippen molar-refractivity contribution >= 4 is 29.1 Å². The Labute approximate surface area is 136 Å². The van der Waals surface area contributed by atoms with Gasteiger partial charge in [-0.2, -0.15) is 0 Å². The highest BCUT2D eigenvalue weighted by atomic mass is 35.5. The number of amides is 1. The normalized spacial score (nSPS) is 24.5. The SMILES string of the molecule is COc1ccc([C@H](NC(=O)[C@@]2(C)CC2(Cl)Cl)C(C)C)cc1. The smallest absolute Gasteiger partial charge is 0.229 e. The summed E-state index contributed by atoms with van der Waals surface area (Å²) in [6.45, 7) is 5.94. The first-order valence-electron chi connectivity index (χ1n) is 7.04. The third-order valence-electron chi connectivity index (χ3n) is 4.19. The van der Waals surface area contributed by atoms with Gasteiger partial charge < -0.3 is 10.1 Å². The number of alkyl halides is 2. The van der Waals surface area contributed by atoms with E-state index < -0.39 is 9.75 Å². The number of nitrogens with one attached hydrogen (secondary N) is 1. The lowest BCUT2D eigenvalue weighted by molar-refractivity contribution is -0.126. The molecule has 1 N–H and O–H groups in total. The van der Waals surface area contributed by atoms with Crippen molar-refractivity contribution in [1.29, 1.82) is 0 Å². The molecule has 3 nitrogen and oxygen atoms in total. The van der Waals surface area contributed by atoms with E-state index in [1.807, 2.05) is 24.3 Å². The van der Waals surface area contributed by atoms with E-state index >= 15 is 0 Å². The fourth-order valence-corrected chi connectivity index (χ4v) is 3.10. The van der Waals surface area contributed by atoms with E-state index in [0.717, 1.165) is 11.3 Å². The van der Waals surface area contributed by atoms with E-state index in [1.54, 1.807) is 14.0 Å². The lowest BCUT2D eigenvalue weighted by Gasteiger charge is -2.25. The van der Waals surface area contributed by atoms with Crippen molar-refractivity contribution in [3.63, 3.8) is 0 Å². The van der Waals surface area contributed by atoms with Crippen LogP contribution in [0.15, 0.2) is 24.3 Å². The molecule has 1 aromatic rings. The molecule has 2 atom stereocenters. The Morgan fingerprint density at radius 1 is 1.29 bits per heavy atom. The van der Waals surface area contributed by atoms with Crippen LogP contribution in [0.1, 0.15) is 38.8 Å². The molecule has 0 saturated heterocycles. The maximum absolute atomic E-state index is 12.4. The zero-order valence-corrected chi connectivity index (χ0v) is 14.3. The molecule has 1 aromatic carbocycles. The van der Waals surface area contributed by atoms with Crippen LogP contribution in [-0.2, 0) is 4.79 Å². The standard InChI is InChI=1S/C16H21Cl2NO2/c1-10(2)13(11-5-7-12(21-4)8-6-11)19-14(20)15(3)9-16(15,17)18/h5-8,10,13H,9H2,1-4H3,(H,19,20)/t13-,15-/m1/s1. The van der Waals surface area contributed by atoms with Crippen LogP contribution in [0.3, 0.4) is 0 Å². The monoisotopic (exact) mass is 329 g/mol. The van der Waals surface area contributed by atoms with E-state index in [9.17, 15) is 4.79 Å². The first-order chi connectivity index (χ1) is 9.71. The van der Waals surface area contributed by atoms with Crippen molar-refractivity contribution in [3.8, 4) is 5.75 Å². The molecule has 116 valence electrons. The molecule has 0 radical (unpaired) electrons. The number of hydrogen-bond acceptors (Lipinski definition) is 2. The van der Waals surface area contributed by atoms with Crippen LogP contribution in [0.5, 0.6) is 5.75 Å². The summed E-state index contributed by atoms with van der Waals surface area (Å²) in [6, 6.07) is 7.64. The average molecular weight is 330 g/mol. The predicted molar refractivity (Wildman–Crippen MR) is 85.9 cm³/mol. The number of halogens is 2. The zero-order chi connectivity index (χ0) is 15.8. The molecule has 1 aliphatic carbocycles. The second-order valence-electron chi connectivity index (χ2n) is 6.18. The molecule has 0 spiro atoms. The molecule has 0 aliphatic heterocycles. The molecule has 1 saturated carbocycles. The molecule has 1 amide bonds. The number of methoxy groups -OCH3 is 1. The topological polar surface area (TPSA) is 38.3 Å². The molecular weight excluding hydrogens is 309 g/mol. The second-order valence-corrected chi connectivity index (χ2v) is 7.67. The summed E-state index contributed by atoms with van der Waals surface area (Å²) in [5.74, 6) is 0.953. The van der Waals surface area contributed by atoms with E-state index in [1.165, 1.54) is 0 Å². The Hall–Kier alpha value is -0.930. The van der Waals surface area contributed by atoms with Crippen molar-refractivity contribution in [2.75, 3.05) is 7.11 Å². The molecule has 1 aliphatic rings. The third kappa shape index (κ3) is 3.14. The van der Waals surface area contributed by atoms with Crippen LogP contribution < -0.4 is 10.1 Å². The van der Waals surface area contributed by atoms with Crippen LogP contribution in [0.2, 0.25) is 0 Å². The van der Waals surface area contributed by atoms with Gasteiger partial charge in [0.25, 0.3) is 0 Å². The molecule has 0 bridgehead atoms.